The highest BCUT2D eigenvalue weighted by Gasteiger charge is 2.47. The van der Waals surface area contributed by atoms with E-state index < -0.39 is 9.84 Å². The van der Waals surface area contributed by atoms with Gasteiger partial charge in [-0.05, 0) is 43.7 Å². The lowest BCUT2D eigenvalue weighted by Gasteiger charge is -2.21. The van der Waals surface area contributed by atoms with Gasteiger partial charge in [0.2, 0.25) is 0 Å². The molecule has 3 nitrogen and oxygen atoms in total. The van der Waals surface area contributed by atoms with Crippen LogP contribution in [0.2, 0.25) is 0 Å². The van der Waals surface area contributed by atoms with Gasteiger partial charge in [-0.15, -0.1) is 11.8 Å². The van der Waals surface area contributed by atoms with Crippen molar-refractivity contribution in [2.24, 2.45) is 5.73 Å². The molecule has 0 amide bonds. The molecule has 0 heterocycles. The number of sulfone groups is 1. The molecule has 0 aliphatic heterocycles. The standard InChI is InChI=1S/C13H19NO2S2/c1-9(14)13(6-7-13)10-4-5-12(18(3,15)16)11(8-10)17-2/h4-5,8-9H,6-7,14H2,1-3H3. The van der Waals surface area contributed by atoms with Crippen molar-refractivity contribution in [2.75, 3.05) is 12.5 Å². The normalized spacial score (nSPS) is 19.6. The number of benzene rings is 1. The molecule has 0 spiro atoms. The number of rotatable bonds is 4. The Morgan fingerprint density at radius 3 is 2.39 bits per heavy atom. The van der Waals surface area contributed by atoms with Crippen molar-refractivity contribution in [2.45, 2.75) is 41.0 Å². The van der Waals surface area contributed by atoms with Crippen molar-refractivity contribution in [3.63, 3.8) is 0 Å². The molecule has 1 unspecified atom stereocenters. The third kappa shape index (κ3) is 2.31. The van der Waals surface area contributed by atoms with Gasteiger partial charge in [0.05, 0.1) is 4.90 Å². The summed E-state index contributed by atoms with van der Waals surface area (Å²) in [4.78, 5) is 1.24. The van der Waals surface area contributed by atoms with Crippen LogP contribution in [0.4, 0.5) is 0 Å². The van der Waals surface area contributed by atoms with Crippen LogP contribution in [0.1, 0.15) is 25.3 Å². The second-order valence-corrected chi connectivity index (χ2v) is 7.91. The minimum atomic E-state index is -3.16. The first-order valence-corrected chi connectivity index (χ1v) is 9.07. The van der Waals surface area contributed by atoms with Crippen molar-refractivity contribution in [1.82, 2.24) is 0 Å². The molecule has 1 aliphatic rings. The molecule has 0 saturated heterocycles. The largest absolute Gasteiger partial charge is 0.327 e. The molecular weight excluding hydrogens is 266 g/mol. The summed E-state index contributed by atoms with van der Waals surface area (Å²) in [5.41, 5.74) is 7.30. The smallest absolute Gasteiger partial charge is 0.176 e. The molecule has 18 heavy (non-hydrogen) atoms. The van der Waals surface area contributed by atoms with Crippen molar-refractivity contribution >= 4 is 21.6 Å². The summed E-state index contributed by atoms with van der Waals surface area (Å²) in [5.74, 6) is 0. The lowest BCUT2D eigenvalue weighted by atomic mass is 9.90. The molecule has 1 fully saturated rings. The first-order valence-electron chi connectivity index (χ1n) is 5.95. The Bertz CT molecular complexity index is 560. The number of hydrogen-bond acceptors (Lipinski definition) is 4. The van der Waals surface area contributed by atoms with Crippen molar-refractivity contribution < 1.29 is 8.42 Å². The molecule has 1 aliphatic carbocycles. The molecule has 5 heteroatoms. The third-order valence-electron chi connectivity index (χ3n) is 3.80. The van der Waals surface area contributed by atoms with Gasteiger partial charge < -0.3 is 5.73 Å². The maximum Gasteiger partial charge on any atom is 0.176 e. The van der Waals surface area contributed by atoms with Crippen molar-refractivity contribution in [3.05, 3.63) is 23.8 Å². The first-order chi connectivity index (χ1) is 8.31. The van der Waals surface area contributed by atoms with E-state index in [0.717, 1.165) is 17.7 Å². The molecule has 0 bridgehead atoms. The Morgan fingerprint density at radius 2 is 2.00 bits per heavy atom. The lowest BCUT2D eigenvalue weighted by Crippen LogP contribution is -2.31. The first kappa shape index (κ1) is 13.9. The van der Waals surface area contributed by atoms with E-state index in [4.69, 9.17) is 5.73 Å². The van der Waals surface area contributed by atoms with E-state index in [2.05, 4.69) is 0 Å². The van der Waals surface area contributed by atoms with Crippen LogP contribution < -0.4 is 5.73 Å². The highest BCUT2D eigenvalue weighted by Crippen LogP contribution is 2.51. The van der Waals surface area contributed by atoms with Crippen LogP contribution in [0.25, 0.3) is 0 Å². The highest BCUT2D eigenvalue weighted by atomic mass is 32.2. The summed E-state index contributed by atoms with van der Waals surface area (Å²) in [6, 6.07) is 5.75. The zero-order valence-corrected chi connectivity index (χ0v) is 12.6. The van der Waals surface area contributed by atoms with Crippen LogP contribution in [-0.4, -0.2) is 27.0 Å². The SMILES string of the molecule is CSc1cc(C2(C(C)N)CC2)ccc1S(C)(=O)=O. The van der Waals surface area contributed by atoms with E-state index in [1.165, 1.54) is 23.6 Å². The topological polar surface area (TPSA) is 60.2 Å². The Hall–Kier alpha value is -0.520. The summed E-state index contributed by atoms with van der Waals surface area (Å²) >= 11 is 1.47. The van der Waals surface area contributed by atoms with Crippen LogP contribution in [-0.2, 0) is 15.3 Å². The van der Waals surface area contributed by atoms with Gasteiger partial charge in [-0.1, -0.05) is 6.07 Å². The van der Waals surface area contributed by atoms with E-state index in [1.54, 1.807) is 6.07 Å². The fourth-order valence-corrected chi connectivity index (χ4v) is 4.38. The maximum absolute atomic E-state index is 11.7. The lowest BCUT2D eigenvalue weighted by molar-refractivity contribution is 0.554. The number of nitrogens with two attached hydrogens (primary N) is 1. The predicted molar refractivity (Wildman–Crippen MR) is 75.9 cm³/mol. The zero-order chi connectivity index (χ0) is 13.6. The maximum atomic E-state index is 11.7. The second-order valence-electron chi connectivity index (χ2n) is 5.08. The third-order valence-corrected chi connectivity index (χ3v) is 5.86. The van der Waals surface area contributed by atoms with Crippen LogP contribution in [0.5, 0.6) is 0 Å². The molecule has 0 radical (unpaired) electrons. The van der Waals surface area contributed by atoms with E-state index in [1.807, 2.05) is 25.3 Å². The van der Waals surface area contributed by atoms with Gasteiger partial charge in [0, 0.05) is 22.6 Å². The van der Waals surface area contributed by atoms with Gasteiger partial charge in [-0.2, -0.15) is 0 Å². The summed E-state index contributed by atoms with van der Waals surface area (Å²) in [6.07, 6.45) is 5.34. The number of hydrogen-bond donors (Lipinski definition) is 1. The minimum absolute atomic E-state index is 0.0700. The monoisotopic (exact) mass is 285 g/mol. The van der Waals surface area contributed by atoms with Gasteiger partial charge >= 0.3 is 0 Å². The summed E-state index contributed by atoms with van der Waals surface area (Å²) < 4.78 is 23.4. The van der Waals surface area contributed by atoms with E-state index in [0.29, 0.717) is 4.90 Å². The molecular formula is C13H19NO2S2. The fourth-order valence-electron chi connectivity index (χ4n) is 2.43. The summed E-state index contributed by atoms with van der Waals surface area (Å²) in [7, 11) is -3.16. The summed E-state index contributed by atoms with van der Waals surface area (Å²) in [6.45, 7) is 2.02. The molecule has 2 N–H and O–H groups in total. The van der Waals surface area contributed by atoms with Gasteiger partial charge in [0.15, 0.2) is 9.84 Å². The van der Waals surface area contributed by atoms with Crippen molar-refractivity contribution in [3.8, 4) is 0 Å². The van der Waals surface area contributed by atoms with Crippen LogP contribution >= 0.6 is 11.8 Å². The van der Waals surface area contributed by atoms with Gasteiger partial charge in [0.25, 0.3) is 0 Å². The fraction of sp³-hybridized carbons (Fsp3) is 0.538. The molecule has 100 valence electrons. The zero-order valence-electron chi connectivity index (χ0n) is 10.9. The van der Waals surface area contributed by atoms with Crippen LogP contribution in [0.15, 0.2) is 28.0 Å². The molecule has 1 saturated carbocycles. The Balaban J connectivity index is 2.50. The Morgan fingerprint density at radius 1 is 1.39 bits per heavy atom. The van der Waals surface area contributed by atoms with E-state index in [9.17, 15) is 8.42 Å². The second kappa shape index (κ2) is 4.54. The molecule has 0 aromatic heterocycles. The highest BCUT2D eigenvalue weighted by molar-refractivity contribution is 7.99. The minimum Gasteiger partial charge on any atom is -0.327 e. The van der Waals surface area contributed by atoms with Gasteiger partial charge in [-0.3, -0.25) is 0 Å². The molecule has 1 atom stereocenters. The van der Waals surface area contributed by atoms with E-state index in [-0.39, 0.29) is 11.5 Å². The quantitative estimate of drug-likeness (QED) is 0.862. The number of thioether (sulfide) groups is 1. The molecule has 1 aromatic rings. The predicted octanol–water partition coefficient (Wildman–Crippen LogP) is 2.19. The van der Waals surface area contributed by atoms with Crippen LogP contribution in [0, 0.1) is 0 Å². The molecule has 2 rings (SSSR count). The Kier molecular flexibility index (Phi) is 3.51. The van der Waals surface area contributed by atoms with E-state index >= 15 is 0 Å². The Labute approximate surface area is 113 Å². The van der Waals surface area contributed by atoms with Crippen LogP contribution in [0.3, 0.4) is 0 Å². The average Bonchev–Trinajstić information content (AvgIpc) is 3.08. The summed E-state index contributed by atoms with van der Waals surface area (Å²) in [5, 5.41) is 0. The van der Waals surface area contributed by atoms with Gasteiger partial charge in [0.1, 0.15) is 0 Å². The van der Waals surface area contributed by atoms with Gasteiger partial charge in [-0.25, -0.2) is 8.42 Å². The van der Waals surface area contributed by atoms with Crippen molar-refractivity contribution in [1.29, 1.82) is 0 Å². The molecule has 1 aromatic carbocycles. The average molecular weight is 285 g/mol.